The van der Waals surface area contributed by atoms with E-state index in [9.17, 15) is 0 Å². The highest BCUT2D eigenvalue weighted by atomic mass is 14.9. The van der Waals surface area contributed by atoms with E-state index >= 15 is 0 Å². The Hall–Kier alpha value is -0.820. The van der Waals surface area contributed by atoms with E-state index in [0.29, 0.717) is 6.04 Å². The highest BCUT2D eigenvalue weighted by Crippen LogP contribution is 2.29. The monoisotopic (exact) mass is 273 g/mol. The minimum atomic E-state index is 0.639. The second-order valence-corrected chi connectivity index (χ2v) is 6.66. The van der Waals surface area contributed by atoms with Crippen molar-refractivity contribution < 1.29 is 0 Å². The summed E-state index contributed by atoms with van der Waals surface area (Å²) in [4.78, 5) is 0. The zero-order valence-corrected chi connectivity index (χ0v) is 13.3. The van der Waals surface area contributed by atoms with Gasteiger partial charge in [0.1, 0.15) is 0 Å². The van der Waals surface area contributed by atoms with Crippen LogP contribution in [0, 0.1) is 11.8 Å². The van der Waals surface area contributed by atoms with Gasteiger partial charge in [0.2, 0.25) is 0 Å². The predicted octanol–water partition coefficient (Wildman–Crippen LogP) is 4.81. The molecule has 1 unspecified atom stereocenters. The fourth-order valence-electron chi connectivity index (χ4n) is 3.37. The van der Waals surface area contributed by atoms with Crippen LogP contribution in [0.25, 0.3) is 0 Å². The molecule has 0 aliphatic heterocycles. The fourth-order valence-corrected chi connectivity index (χ4v) is 3.37. The Balaban J connectivity index is 1.66. The molecule has 1 fully saturated rings. The topological polar surface area (TPSA) is 12.0 Å². The van der Waals surface area contributed by atoms with Gasteiger partial charge in [-0.2, -0.15) is 0 Å². The van der Waals surface area contributed by atoms with Crippen molar-refractivity contribution in [2.24, 2.45) is 11.8 Å². The predicted molar refractivity (Wildman–Crippen MR) is 88.0 cm³/mol. The molecule has 1 aromatic rings. The summed E-state index contributed by atoms with van der Waals surface area (Å²) in [6, 6.07) is 11.5. The molecule has 1 N–H and O–H groups in total. The lowest BCUT2D eigenvalue weighted by atomic mass is 9.81. The van der Waals surface area contributed by atoms with Gasteiger partial charge in [-0.05, 0) is 43.2 Å². The molecule has 0 amide bonds. The highest BCUT2D eigenvalue weighted by molar-refractivity contribution is 5.15. The van der Waals surface area contributed by atoms with Crippen molar-refractivity contribution >= 4 is 0 Å². The molecule has 1 heteroatoms. The molecule has 1 aliphatic carbocycles. The maximum absolute atomic E-state index is 3.78. The molecular formula is C19H31N. The van der Waals surface area contributed by atoms with E-state index < -0.39 is 0 Å². The number of hydrogen-bond acceptors (Lipinski definition) is 1. The standard InChI is InChI=1S/C19H31N/c1-3-19(15-18-7-5-4-6-8-18)20-14-13-17-11-9-16(2)10-12-17/h4-8,16-17,19-20H,3,9-15H2,1-2H3. The van der Waals surface area contributed by atoms with E-state index in [1.54, 1.807) is 0 Å². The summed E-state index contributed by atoms with van der Waals surface area (Å²) >= 11 is 0. The number of nitrogens with one attached hydrogen (secondary N) is 1. The van der Waals surface area contributed by atoms with Gasteiger partial charge in [0.25, 0.3) is 0 Å². The van der Waals surface area contributed by atoms with E-state index in [1.165, 1.54) is 57.1 Å². The molecule has 1 aliphatic rings. The van der Waals surface area contributed by atoms with Crippen LogP contribution in [-0.4, -0.2) is 12.6 Å². The Bertz CT molecular complexity index is 351. The Kier molecular flexibility index (Phi) is 6.59. The van der Waals surface area contributed by atoms with E-state index in [0.717, 1.165) is 11.8 Å². The molecule has 0 saturated heterocycles. The molecule has 1 atom stereocenters. The van der Waals surface area contributed by atoms with E-state index in [4.69, 9.17) is 0 Å². The first-order chi connectivity index (χ1) is 9.78. The first kappa shape index (κ1) is 15.6. The third-order valence-electron chi connectivity index (χ3n) is 4.94. The third kappa shape index (κ3) is 5.28. The van der Waals surface area contributed by atoms with Gasteiger partial charge in [0.05, 0.1) is 0 Å². The molecular weight excluding hydrogens is 242 g/mol. The third-order valence-corrected chi connectivity index (χ3v) is 4.94. The number of rotatable bonds is 7. The van der Waals surface area contributed by atoms with E-state index in [-0.39, 0.29) is 0 Å². The molecule has 20 heavy (non-hydrogen) atoms. The van der Waals surface area contributed by atoms with Gasteiger partial charge >= 0.3 is 0 Å². The van der Waals surface area contributed by atoms with Gasteiger partial charge in [-0.1, -0.05) is 69.9 Å². The van der Waals surface area contributed by atoms with Gasteiger partial charge in [-0.15, -0.1) is 0 Å². The van der Waals surface area contributed by atoms with Gasteiger partial charge < -0.3 is 5.32 Å². The maximum atomic E-state index is 3.78. The van der Waals surface area contributed by atoms with Crippen molar-refractivity contribution in [2.45, 2.75) is 64.8 Å². The summed E-state index contributed by atoms with van der Waals surface area (Å²) in [7, 11) is 0. The second-order valence-electron chi connectivity index (χ2n) is 6.66. The van der Waals surface area contributed by atoms with Gasteiger partial charge in [-0.3, -0.25) is 0 Å². The molecule has 0 radical (unpaired) electrons. The lowest BCUT2D eigenvalue weighted by Gasteiger charge is -2.27. The molecule has 0 heterocycles. The number of benzene rings is 1. The van der Waals surface area contributed by atoms with Crippen molar-refractivity contribution in [1.82, 2.24) is 5.32 Å². The van der Waals surface area contributed by atoms with Gasteiger partial charge in [-0.25, -0.2) is 0 Å². The summed E-state index contributed by atoms with van der Waals surface area (Å²) in [5.41, 5.74) is 1.46. The number of hydrogen-bond donors (Lipinski definition) is 1. The molecule has 112 valence electrons. The maximum Gasteiger partial charge on any atom is 0.0105 e. The smallest absolute Gasteiger partial charge is 0.0105 e. The average molecular weight is 273 g/mol. The largest absolute Gasteiger partial charge is 0.314 e. The van der Waals surface area contributed by atoms with Crippen molar-refractivity contribution in [3.8, 4) is 0 Å². The van der Waals surface area contributed by atoms with Crippen molar-refractivity contribution in [1.29, 1.82) is 0 Å². The van der Waals surface area contributed by atoms with Crippen LogP contribution in [0.5, 0.6) is 0 Å². The molecule has 0 bridgehead atoms. The Labute approximate surface area is 125 Å². The molecule has 0 spiro atoms. The van der Waals surface area contributed by atoms with Crippen LogP contribution in [0.4, 0.5) is 0 Å². The summed E-state index contributed by atoms with van der Waals surface area (Å²) in [6.07, 6.45) is 9.57. The van der Waals surface area contributed by atoms with Crippen molar-refractivity contribution in [2.75, 3.05) is 6.54 Å². The Morgan fingerprint density at radius 3 is 2.45 bits per heavy atom. The van der Waals surface area contributed by atoms with Crippen LogP contribution in [0.15, 0.2) is 30.3 Å². The van der Waals surface area contributed by atoms with Crippen LogP contribution in [0.2, 0.25) is 0 Å². The van der Waals surface area contributed by atoms with Crippen LogP contribution < -0.4 is 5.32 Å². The lowest BCUT2D eigenvalue weighted by molar-refractivity contribution is 0.272. The van der Waals surface area contributed by atoms with Crippen LogP contribution in [-0.2, 0) is 6.42 Å². The lowest BCUT2D eigenvalue weighted by Crippen LogP contribution is -2.32. The Morgan fingerprint density at radius 1 is 1.10 bits per heavy atom. The summed E-state index contributed by atoms with van der Waals surface area (Å²) in [5.74, 6) is 1.95. The first-order valence-corrected chi connectivity index (χ1v) is 8.55. The fraction of sp³-hybridized carbons (Fsp3) is 0.684. The molecule has 1 aromatic carbocycles. The molecule has 1 nitrogen and oxygen atoms in total. The zero-order chi connectivity index (χ0) is 14.2. The minimum Gasteiger partial charge on any atom is -0.314 e. The normalized spacial score (nSPS) is 24.5. The SMILES string of the molecule is CCC(Cc1ccccc1)NCCC1CCC(C)CC1. The summed E-state index contributed by atoms with van der Waals surface area (Å²) in [6.45, 7) is 5.90. The minimum absolute atomic E-state index is 0.639. The van der Waals surface area contributed by atoms with Crippen LogP contribution in [0.1, 0.15) is 57.9 Å². The second kappa shape index (κ2) is 8.46. The van der Waals surface area contributed by atoms with Gasteiger partial charge in [0.15, 0.2) is 0 Å². The van der Waals surface area contributed by atoms with Gasteiger partial charge in [0, 0.05) is 6.04 Å². The van der Waals surface area contributed by atoms with Crippen LogP contribution in [0.3, 0.4) is 0 Å². The average Bonchev–Trinajstić information content (AvgIpc) is 2.49. The van der Waals surface area contributed by atoms with Crippen molar-refractivity contribution in [3.05, 3.63) is 35.9 Å². The Morgan fingerprint density at radius 2 is 1.80 bits per heavy atom. The highest BCUT2D eigenvalue weighted by Gasteiger charge is 2.18. The van der Waals surface area contributed by atoms with Crippen LogP contribution >= 0.6 is 0 Å². The summed E-state index contributed by atoms with van der Waals surface area (Å²) in [5, 5.41) is 3.78. The first-order valence-electron chi connectivity index (χ1n) is 8.55. The zero-order valence-electron chi connectivity index (χ0n) is 13.3. The molecule has 2 rings (SSSR count). The van der Waals surface area contributed by atoms with Crippen molar-refractivity contribution in [3.63, 3.8) is 0 Å². The summed E-state index contributed by atoms with van der Waals surface area (Å²) < 4.78 is 0. The van der Waals surface area contributed by atoms with E-state index in [1.807, 2.05) is 0 Å². The molecule has 1 saturated carbocycles. The quantitative estimate of drug-likeness (QED) is 0.751. The van der Waals surface area contributed by atoms with E-state index in [2.05, 4.69) is 49.5 Å². The molecule has 0 aromatic heterocycles.